The van der Waals surface area contributed by atoms with E-state index in [9.17, 15) is 0 Å². The van der Waals surface area contributed by atoms with E-state index in [-0.39, 0.29) is 6.10 Å². The van der Waals surface area contributed by atoms with Gasteiger partial charge in [0, 0.05) is 10.9 Å². The maximum Gasteiger partial charge on any atom is 0.0524 e. The van der Waals surface area contributed by atoms with Crippen molar-refractivity contribution in [3.8, 4) is 0 Å². The molecule has 0 aromatic carbocycles. The molecule has 0 spiro atoms. The molecule has 2 unspecified atom stereocenters. The van der Waals surface area contributed by atoms with Crippen molar-refractivity contribution in [3.63, 3.8) is 0 Å². The monoisotopic (exact) mass is 213 g/mol. The van der Waals surface area contributed by atoms with E-state index in [4.69, 9.17) is 5.11 Å². The van der Waals surface area contributed by atoms with Gasteiger partial charge >= 0.3 is 0 Å². The van der Waals surface area contributed by atoms with Crippen LogP contribution < -0.4 is 5.32 Å². The van der Waals surface area contributed by atoms with E-state index in [1.54, 1.807) is 11.3 Å². The van der Waals surface area contributed by atoms with Crippen LogP contribution in [0, 0.1) is 0 Å². The van der Waals surface area contributed by atoms with Crippen molar-refractivity contribution in [2.24, 2.45) is 0 Å². The van der Waals surface area contributed by atoms with Gasteiger partial charge in [-0.15, -0.1) is 11.3 Å². The lowest BCUT2D eigenvalue weighted by Gasteiger charge is -2.13. The van der Waals surface area contributed by atoms with Crippen LogP contribution >= 0.6 is 11.3 Å². The maximum absolute atomic E-state index is 9.08. The lowest BCUT2D eigenvalue weighted by atomic mass is 10.2. The van der Waals surface area contributed by atoms with Gasteiger partial charge in [-0.3, -0.25) is 0 Å². The minimum atomic E-state index is -0.198. The number of aliphatic hydroxyl groups is 1. The van der Waals surface area contributed by atoms with Crippen LogP contribution in [0.25, 0.3) is 0 Å². The second-order valence-corrected chi connectivity index (χ2v) is 4.81. The quantitative estimate of drug-likeness (QED) is 0.758. The minimum absolute atomic E-state index is 0.198. The second-order valence-electron chi connectivity index (χ2n) is 3.78. The molecule has 1 heterocycles. The summed E-state index contributed by atoms with van der Waals surface area (Å²) in [6.07, 6.45) is 1.71. The normalized spacial score (nSPS) is 15.4. The summed E-state index contributed by atoms with van der Waals surface area (Å²) >= 11 is 1.80. The Hall–Kier alpha value is -0.380. The summed E-state index contributed by atoms with van der Waals surface area (Å²) < 4.78 is 0. The molecule has 80 valence electrons. The highest BCUT2D eigenvalue weighted by molar-refractivity contribution is 7.09. The minimum Gasteiger partial charge on any atom is -0.393 e. The Morgan fingerprint density at radius 2 is 2.29 bits per heavy atom. The largest absolute Gasteiger partial charge is 0.393 e. The fourth-order valence-corrected chi connectivity index (χ4v) is 2.18. The highest BCUT2D eigenvalue weighted by Gasteiger charge is 2.03. The lowest BCUT2D eigenvalue weighted by molar-refractivity contribution is 0.182. The van der Waals surface area contributed by atoms with Crippen molar-refractivity contribution >= 4 is 11.3 Å². The molecular weight excluding hydrogens is 194 g/mol. The van der Waals surface area contributed by atoms with Crippen LogP contribution in [-0.4, -0.2) is 23.8 Å². The molecule has 2 nitrogen and oxygen atoms in total. The fourth-order valence-electron chi connectivity index (χ4n) is 1.34. The van der Waals surface area contributed by atoms with Crippen LogP contribution in [-0.2, 0) is 6.42 Å². The van der Waals surface area contributed by atoms with Gasteiger partial charge in [-0.1, -0.05) is 6.07 Å². The summed E-state index contributed by atoms with van der Waals surface area (Å²) in [6, 6.07) is 4.74. The molecule has 1 aromatic heterocycles. The molecule has 0 aliphatic heterocycles. The van der Waals surface area contributed by atoms with Crippen molar-refractivity contribution in [3.05, 3.63) is 22.4 Å². The lowest BCUT2D eigenvalue weighted by Crippen LogP contribution is -2.30. The first-order chi connectivity index (χ1) is 6.68. The van der Waals surface area contributed by atoms with Crippen LogP contribution in [0.3, 0.4) is 0 Å². The molecule has 14 heavy (non-hydrogen) atoms. The predicted molar refractivity (Wildman–Crippen MR) is 61.8 cm³/mol. The fraction of sp³-hybridized carbons (Fsp3) is 0.636. The smallest absolute Gasteiger partial charge is 0.0524 e. The molecule has 1 aromatic rings. The number of rotatable bonds is 6. The Bertz CT molecular complexity index is 233. The van der Waals surface area contributed by atoms with Crippen molar-refractivity contribution in [2.45, 2.75) is 38.8 Å². The topological polar surface area (TPSA) is 32.3 Å². The average molecular weight is 213 g/mol. The summed E-state index contributed by atoms with van der Waals surface area (Å²) in [7, 11) is 0. The molecule has 1 rings (SSSR count). The zero-order valence-electron chi connectivity index (χ0n) is 8.86. The van der Waals surface area contributed by atoms with E-state index < -0.39 is 0 Å². The highest BCUT2D eigenvalue weighted by atomic mass is 32.1. The molecule has 2 atom stereocenters. The number of hydrogen-bond acceptors (Lipinski definition) is 3. The maximum atomic E-state index is 9.08. The summed E-state index contributed by atoms with van der Waals surface area (Å²) in [5, 5.41) is 14.6. The Morgan fingerprint density at radius 1 is 1.50 bits per heavy atom. The third kappa shape index (κ3) is 4.74. The molecule has 0 amide bonds. The molecular formula is C11H19NOS. The molecule has 0 fully saturated rings. The number of thiophene rings is 1. The Morgan fingerprint density at radius 3 is 2.86 bits per heavy atom. The van der Waals surface area contributed by atoms with E-state index in [0.29, 0.717) is 6.04 Å². The van der Waals surface area contributed by atoms with Gasteiger partial charge in [-0.05, 0) is 44.7 Å². The van der Waals surface area contributed by atoms with Gasteiger partial charge < -0.3 is 10.4 Å². The van der Waals surface area contributed by atoms with Crippen LogP contribution in [0.1, 0.15) is 25.1 Å². The zero-order valence-corrected chi connectivity index (χ0v) is 9.68. The molecule has 0 radical (unpaired) electrons. The molecule has 3 heteroatoms. The Labute approximate surface area is 90.0 Å². The number of hydrogen-bond donors (Lipinski definition) is 2. The van der Waals surface area contributed by atoms with Crippen molar-refractivity contribution < 1.29 is 5.11 Å². The standard InChI is InChI=1S/C11H19NOS/c1-9(12-6-5-10(2)13)8-11-4-3-7-14-11/h3-4,7,9-10,12-13H,5-6,8H2,1-2H3. The van der Waals surface area contributed by atoms with E-state index in [2.05, 4.69) is 29.8 Å². The molecule has 2 N–H and O–H groups in total. The van der Waals surface area contributed by atoms with Crippen LogP contribution in [0.15, 0.2) is 17.5 Å². The van der Waals surface area contributed by atoms with Gasteiger partial charge in [0.2, 0.25) is 0 Å². The second kappa shape index (κ2) is 6.17. The van der Waals surface area contributed by atoms with Gasteiger partial charge in [0.15, 0.2) is 0 Å². The first-order valence-corrected chi connectivity index (χ1v) is 6.00. The van der Waals surface area contributed by atoms with Crippen LogP contribution in [0.4, 0.5) is 0 Å². The van der Waals surface area contributed by atoms with E-state index in [0.717, 1.165) is 19.4 Å². The van der Waals surface area contributed by atoms with Gasteiger partial charge in [-0.2, -0.15) is 0 Å². The van der Waals surface area contributed by atoms with Gasteiger partial charge in [0.05, 0.1) is 6.10 Å². The molecule has 0 aliphatic carbocycles. The molecule has 0 saturated carbocycles. The third-order valence-electron chi connectivity index (χ3n) is 2.14. The Kier molecular flexibility index (Phi) is 5.15. The Balaban J connectivity index is 2.13. The van der Waals surface area contributed by atoms with Gasteiger partial charge in [-0.25, -0.2) is 0 Å². The number of aliphatic hydroxyl groups excluding tert-OH is 1. The highest BCUT2D eigenvalue weighted by Crippen LogP contribution is 2.10. The first kappa shape index (κ1) is 11.7. The summed E-state index contributed by atoms with van der Waals surface area (Å²) in [4.78, 5) is 1.42. The van der Waals surface area contributed by atoms with Crippen molar-refractivity contribution in [1.82, 2.24) is 5.32 Å². The molecule has 0 bridgehead atoms. The van der Waals surface area contributed by atoms with E-state index in [1.165, 1.54) is 4.88 Å². The van der Waals surface area contributed by atoms with Gasteiger partial charge in [0.25, 0.3) is 0 Å². The number of nitrogens with one attached hydrogen (secondary N) is 1. The van der Waals surface area contributed by atoms with Crippen LogP contribution in [0.2, 0.25) is 0 Å². The van der Waals surface area contributed by atoms with Crippen LogP contribution in [0.5, 0.6) is 0 Å². The predicted octanol–water partition coefficient (Wildman–Crippen LogP) is 2.04. The van der Waals surface area contributed by atoms with E-state index in [1.807, 2.05) is 6.92 Å². The summed E-state index contributed by atoms with van der Waals surface area (Å²) in [5.41, 5.74) is 0. The summed E-state index contributed by atoms with van der Waals surface area (Å²) in [5.74, 6) is 0. The molecule has 0 aliphatic rings. The van der Waals surface area contributed by atoms with Crippen molar-refractivity contribution in [2.75, 3.05) is 6.54 Å². The van der Waals surface area contributed by atoms with Gasteiger partial charge in [0.1, 0.15) is 0 Å². The van der Waals surface area contributed by atoms with E-state index >= 15 is 0 Å². The zero-order chi connectivity index (χ0) is 10.4. The summed E-state index contributed by atoms with van der Waals surface area (Å²) in [6.45, 7) is 4.90. The molecule has 0 saturated heterocycles. The SMILES string of the molecule is CC(O)CCNC(C)Cc1cccs1. The van der Waals surface area contributed by atoms with Crippen molar-refractivity contribution in [1.29, 1.82) is 0 Å². The first-order valence-electron chi connectivity index (χ1n) is 5.12. The third-order valence-corrected chi connectivity index (χ3v) is 3.04. The average Bonchev–Trinajstić information content (AvgIpc) is 2.56.